The molecular formula is C20H19FN2O3S2. The van der Waals surface area contributed by atoms with Gasteiger partial charge in [-0.05, 0) is 42.5 Å². The fourth-order valence-electron chi connectivity index (χ4n) is 2.86. The highest BCUT2D eigenvalue weighted by atomic mass is 32.2. The summed E-state index contributed by atoms with van der Waals surface area (Å²) in [5.41, 5.74) is 0.789. The zero-order valence-corrected chi connectivity index (χ0v) is 16.9. The van der Waals surface area contributed by atoms with Crippen LogP contribution in [0.4, 0.5) is 9.52 Å². The predicted molar refractivity (Wildman–Crippen MR) is 110 cm³/mol. The molecule has 0 amide bonds. The summed E-state index contributed by atoms with van der Waals surface area (Å²) in [4.78, 5) is 19.7. The highest BCUT2D eigenvalue weighted by molar-refractivity contribution is 7.99. The molecule has 4 rings (SSSR count). The third-order valence-electron chi connectivity index (χ3n) is 4.39. The molecule has 2 heterocycles. The number of carbonyl (C=O) groups excluding carboxylic acids is 1. The summed E-state index contributed by atoms with van der Waals surface area (Å²) < 4.78 is 24.8. The number of esters is 1. The average Bonchev–Trinajstić information content (AvgIpc) is 3.07. The molecular weight excluding hydrogens is 399 g/mol. The molecule has 8 heteroatoms. The van der Waals surface area contributed by atoms with Crippen molar-refractivity contribution in [1.82, 2.24) is 4.98 Å². The zero-order chi connectivity index (χ0) is 19.5. The Labute approximate surface area is 170 Å². The van der Waals surface area contributed by atoms with Crippen LogP contribution in [0.2, 0.25) is 0 Å². The van der Waals surface area contributed by atoms with E-state index in [0.717, 1.165) is 26.0 Å². The number of benzene rings is 2. The Kier molecular flexibility index (Phi) is 5.68. The first-order valence-electron chi connectivity index (χ1n) is 8.88. The highest BCUT2D eigenvalue weighted by Gasteiger charge is 2.32. The van der Waals surface area contributed by atoms with E-state index in [-0.39, 0.29) is 17.9 Å². The van der Waals surface area contributed by atoms with E-state index in [1.807, 2.05) is 29.2 Å². The molecule has 2 aromatic carbocycles. The van der Waals surface area contributed by atoms with E-state index in [0.29, 0.717) is 25.3 Å². The molecule has 0 N–H and O–H groups in total. The molecule has 0 spiro atoms. The van der Waals surface area contributed by atoms with Crippen LogP contribution in [0.5, 0.6) is 5.75 Å². The molecule has 0 unspecified atom stereocenters. The van der Waals surface area contributed by atoms with E-state index in [4.69, 9.17) is 9.47 Å². The molecule has 1 aromatic heterocycles. The maximum absolute atomic E-state index is 13.3. The second-order valence-electron chi connectivity index (χ2n) is 6.40. The minimum absolute atomic E-state index is 0.109. The standard InChI is InChI=1S/C20H19FN2O3S2/c1-25-14-3-5-16(6-4-14)27-9-8-19(24)26-15-11-23(12-15)20-22-17-7-2-13(21)10-18(17)28-20/h2-7,10,15H,8-9,11-12H2,1H3. The molecule has 3 aromatic rings. The Hall–Kier alpha value is -2.32. The lowest BCUT2D eigenvalue weighted by molar-refractivity contribution is -0.149. The summed E-state index contributed by atoms with van der Waals surface area (Å²) in [5, 5.41) is 0.836. The average molecular weight is 419 g/mol. The zero-order valence-electron chi connectivity index (χ0n) is 15.3. The molecule has 146 valence electrons. The summed E-state index contributed by atoms with van der Waals surface area (Å²) in [6.45, 7) is 1.25. The third-order valence-corrected chi connectivity index (χ3v) is 6.48. The lowest BCUT2D eigenvalue weighted by Gasteiger charge is -2.38. The van der Waals surface area contributed by atoms with Gasteiger partial charge in [-0.15, -0.1) is 11.8 Å². The van der Waals surface area contributed by atoms with Crippen LogP contribution in [0.1, 0.15) is 6.42 Å². The summed E-state index contributed by atoms with van der Waals surface area (Å²) in [6.07, 6.45) is 0.260. The number of rotatable bonds is 7. The number of anilines is 1. The van der Waals surface area contributed by atoms with Crippen LogP contribution < -0.4 is 9.64 Å². The van der Waals surface area contributed by atoms with Crippen molar-refractivity contribution in [2.75, 3.05) is 30.9 Å². The van der Waals surface area contributed by atoms with E-state index in [1.54, 1.807) is 24.9 Å². The topological polar surface area (TPSA) is 51.7 Å². The molecule has 0 aliphatic carbocycles. The number of nitrogens with zero attached hydrogens (tertiary/aromatic N) is 2. The number of halogens is 1. The van der Waals surface area contributed by atoms with Crippen molar-refractivity contribution < 1.29 is 18.7 Å². The van der Waals surface area contributed by atoms with Crippen molar-refractivity contribution in [3.63, 3.8) is 0 Å². The third kappa shape index (κ3) is 4.39. The number of thioether (sulfide) groups is 1. The van der Waals surface area contributed by atoms with E-state index < -0.39 is 0 Å². The maximum atomic E-state index is 13.3. The van der Waals surface area contributed by atoms with Gasteiger partial charge in [0.05, 0.1) is 36.8 Å². The van der Waals surface area contributed by atoms with E-state index in [2.05, 4.69) is 4.98 Å². The van der Waals surface area contributed by atoms with Crippen molar-refractivity contribution in [3.8, 4) is 5.75 Å². The Balaban J connectivity index is 1.20. The second kappa shape index (κ2) is 8.36. The Morgan fingerprint density at radius 2 is 2.07 bits per heavy atom. The number of hydrogen-bond donors (Lipinski definition) is 0. The molecule has 0 saturated carbocycles. The van der Waals surface area contributed by atoms with E-state index >= 15 is 0 Å². The number of fused-ring (bicyclic) bond motifs is 1. The van der Waals surface area contributed by atoms with E-state index in [9.17, 15) is 9.18 Å². The van der Waals surface area contributed by atoms with Crippen LogP contribution in [0.15, 0.2) is 47.4 Å². The first kappa shape index (κ1) is 19.0. The van der Waals surface area contributed by atoms with Gasteiger partial charge in [0, 0.05) is 10.6 Å². The Morgan fingerprint density at radius 3 is 2.82 bits per heavy atom. The van der Waals surface area contributed by atoms with E-state index in [1.165, 1.54) is 23.5 Å². The first-order chi connectivity index (χ1) is 13.6. The Morgan fingerprint density at radius 1 is 1.29 bits per heavy atom. The van der Waals surface area contributed by atoms with Crippen LogP contribution in [-0.2, 0) is 9.53 Å². The normalized spacial score (nSPS) is 14.1. The molecule has 1 aliphatic rings. The molecule has 1 aliphatic heterocycles. The van der Waals surface area contributed by atoms with Gasteiger partial charge in [-0.1, -0.05) is 11.3 Å². The van der Waals surface area contributed by atoms with Crippen molar-refractivity contribution in [2.24, 2.45) is 0 Å². The van der Waals surface area contributed by atoms with Crippen LogP contribution in [0, 0.1) is 5.82 Å². The minimum atomic E-state index is -0.259. The molecule has 5 nitrogen and oxygen atoms in total. The van der Waals surface area contributed by atoms with Gasteiger partial charge in [-0.3, -0.25) is 4.79 Å². The minimum Gasteiger partial charge on any atom is -0.497 e. The molecule has 0 bridgehead atoms. The lowest BCUT2D eigenvalue weighted by Crippen LogP contribution is -2.53. The van der Waals surface area contributed by atoms with Gasteiger partial charge in [0.15, 0.2) is 5.13 Å². The van der Waals surface area contributed by atoms with Crippen molar-refractivity contribution in [2.45, 2.75) is 17.4 Å². The summed E-state index contributed by atoms with van der Waals surface area (Å²) in [5.74, 6) is 1.05. The van der Waals surface area contributed by atoms with Crippen LogP contribution >= 0.6 is 23.1 Å². The van der Waals surface area contributed by atoms with Crippen LogP contribution in [0.25, 0.3) is 10.2 Å². The quantitative estimate of drug-likeness (QED) is 0.420. The number of methoxy groups -OCH3 is 1. The number of hydrogen-bond acceptors (Lipinski definition) is 7. The summed E-state index contributed by atoms with van der Waals surface area (Å²) >= 11 is 3.07. The van der Waals surface area contributed by atoms with Crippen molar-refractivity contribution in [1.29, 1.82) is 0 Å². The second-order valence-corrected chi connectivity index (χ2v) is 8.58. The largest absolute Gasteiger partial charge is 0.497 e. The monoisotopic (exact) mass is 418 g/mol. The number of ether oxygens (including phenoxy) is 2. The molecule has 0 radical (unpaired) electrons. The van der Waals surface area contributed by atoms with Gasteiger partial charge < -0.3 is 14.4 Å². The van der Waals surface area contributed by atoms with Gasteiger partial charge in [0.25, 0.3) is 0 Å². The molecule has 1 fully saturated rings. The molecule has 1 saturated heterocycles. The summed E-state index contributed by atoms with van der Waals surface area (Å²) in [6, 6.07) is 12.3. The van der Waals surface area contributed by atoms with Gasteiger partial charge in [0.1, 0.15) is 17.7 Å². The molecule has 0 atom stereocenters. The van der Waals surface area contributed by atoms with Gasteiger partial charge in [-0.2, -0.15) is 0 Å². The van der Waals surface area contributed by atoms with Gasteiger partial charge >= 0.3 is 5.97 Å². The smallest absolute Gasteiger partial charge is 0.307 e. The highest BCUT2D eigenvalue weighted by Crippen LogP contribution is 2.32. The summed E-state index contributed by atoms with van der Waals surface area (Å²) in [7, 11) is 1.64. The van der Waals surface area contributed by atoms with Crippen molar-refractivity contribution >= 4 is 44.4 Å². The number of aromatic nitrogens is 1. The first-order valence-corrected chi connectivity index (χ1v) is 10.7. The Bertz CT molecular complexity index is 971. The maximum Gasteiger partial charge on any atom is 0.307 e. The predicted octanol–water partition coefficient (Wildman–Crippen LogP) is 4.36. The van der Waals surface area contributed by atoms with Crippen LogP contribution in [-0.4, -0.2) is 43.0 Å². The number of thiazole rings is 1. The molecule has 28 heavy (non-hydrogen) atoms. The van der Waals surface area contributed by atoms with Gasteiger partial charge in [-0.25, -0.2) is 9.37 Å². The fraction of sp³-hybridized carbons (Fsp3) is 0.300. The van der Waals surface area contributed by atoms with Crippen molar-refractivity contribution in [3.05, 3.63) is 48.3 Å². The fourth-order valence-corrected chi connectivity index (χ4v) is 4.70. The SMILES string of the molecule is COc1ccc(SCCC(=O)OC2CN(c3nc4ccc(F)cc4s3)C2)cc1. The van der Waals surface area contributed by atoms with Crippen LogP contribution in [0.3, 0.4) is 0 Å². The van der Waals surface area contributed by atoms with Gasteiger partial charge in [0.2, 0.25) is 0 Å². The number of carbonyl (C=O) groups is 1. The lowest BCUT2D eigenvalue weighted by atomic mass is 10.2.